The standard InChI is InChI=1S/C21H22Cl3N3O2/c22-21(23,24)20(25-18(28)10-14-5-2-1-3-6-14)26-11-15-9-16(13-26)17-7-4-8-19(29)27(17)12-15/h1-8,15-16,20H,9-13H2,(H,25,28)/p+1/t15-,16+,20+/m0/s1. The second-order valence-electron chi connectivity index (χ2n) is 7.97. The Hall–Kier alpha value is -1.53. The molecule has 8 heteroatoms. The van der Waals surface area contributed by atoms with Crippen LogP contribution in [0.4, 0.5) is 0 Å². The van der Waals surface area contributed by atoms with Gasteiger partial charge in [0.05, 0.1) is 19.5 Å². The zero-order chi connectivity index (χ0) is 20.6. The summed E-state index contributed by atoms with van der Waals surface area (Å²) in [5.41, 5.74) is 1.98. The van der Waals surface area contributed by atoms with E-state index in [2.05, 4.69) is 5.32 Å². The number of carbonyl (C=O) groups excluding carboxylic acids is 1. The number of carbonyl (C=O) groups is 1. The molecule has 3 heterocycles. The molecular formula is C21H23Cl3N3O2+. The highest BCUT2D eigenvalue weighted by Gasteiger charge is 2.47. The van der Waals surface area contributed by atoms with Gasteiger partial charge in [-0.25, -0.2) is 0 Å². The molecule has 5 nitrogen and oxygen atoms in total. The molecule has 4 rings (SSSR count). The summed E-state index contributed by atoms with van der Waals surface area (Å²) in [6.45, 7) is 2.10. The number of hydrogen-bond acceptors (Lipinski definition) is 2. The van der Waals surface area contributed by atoms with E-state index in [0.29, 0.717) is 19.0 Å². The minimum absolute atomic E-state index is 0.0368. The van der Waals surface area contributed by atoms with Gasteiger partial charge in [0.15, 0.2) is 0 Å². The lowest BCUT2D eigenvalue weighted by molar-refractivity contribution is -0.937. The summed E-state index contributed by atoms with van der Waals surface area (Å²) in [4.78, 5) is 25.9. The second-order valence-corrected chi connectivity index (χ2v) is 10.3. The predicted molar refractivity (Wildman–Crippen MR) is 115 cm³/mol. The molecule has 1 aromatic carbocycles. The largest absolute Gasteiger partial charge is 0.312 e. The van der Waals surface area contributed by atoms with Gasteiger partial charge in [-0.05, 0) is 18.1 Å². The molecule has 2 N–H and O–H groups in total. The lowest BCUT2D eigenvalue weighted by atomic mass is 9.83. The van der Waals surface area contributed by atoms with Crippen LogP contribution in [0.1, 0.15) is 23.6 Å². The number of rotatable bonds is 4. The monoisotopic (exact) mass is 454 g/mol. The van der Waals surface area contributed by atoms with Crippen molar-refractivity contribution < 1.29 is 9.69 Å². The van der Waals surface area contributed by atoms with Gasteiger partial charge in [-0.2, -0.15) is 0 Å². The number of pyridine rings is 1. The molecular weight excluding hydrogens is 433 g/mol. The quantitative estimate of drug-likeness (QED) is 0.692. The summed E-state index contributed by atoms with van der Waals surface area (Å²) < 4.78 is 0.234. The Kier molecular flexibility index (Phi) is 5.94. The van der Waals surface area contributed by atoms with Crippen molar-refractivity contribution in [2.24, 2.45) is 5.92 Å². The minimum Gasteiger partial charge on any atom is -0.312 e. The Balaban J connectivity index is 1.53. The first-order chi connectivity index (χ1) is 13.8. The van der Waals surface area contributed by atoms with Gasteiger partial charge >= 0.3 is 0 Å². The van der Waals surface area contributed by atoms with Gasteiger partial charge in [0.25, 0.3) is 9.35 Å². The maximum atomic E-state index is 12.7. The first kappa shape index (κ1) is 20.7. The fourth-order valence-electron chi connectivity index (χ4n) is 4.69. The molecule has 0 saturated carbocycles. The van der Waals surface area contributed by atoms with Crippen molar-refractivity contribution in [2.45, 2.75) is 35.3 Å². The van der Waals surface area contributed by atoms with Crippen LogP contribution in [0.25, 0.3) is 0 Å². The molecule has 154 valence electrons. The lowest BCUT2D eigenvalue weighted by Gasteiger charge is -2.44. The summed E-state index contributed by atoms with van der Waals surface area (Å²) in [6.07, 6.45) is 0.588. The molecule has 4 atom stereocenters. The first-order valence-electron chi connectivity index (χ1n) is 9.75. The van der Waals surface area contributed by atoms with Gasteiger partial charge in [0.2, 0.25) is 12.1 Å². The molecule has 1 unspecified atom stereocenters. The molecule has 2 aromatic rings. The van der Waals surface area contributed by atoms with E-state index in [4.69, 9.17) is 34.8 Å². The van der Waals surface area contributed by atoms with Crippen molar-refractivity contribution in [1.82, 2.24) is 9.88 Å². The molecule has 2 aliphatic heterocycles. The highest BCUT2D eigenvalue weighted by atomic mass is 35.6. The Morgan fingerprint density at radius 2 is 1.90 bits per heavy atom. The molecule has 2 aliphatic rings. The van der Waals surface area contributed by atoms with E-state index in [1.165, 1.54) is 0 Å². The van der Waals surface area contributed by atoms with Crippen LogP contribution in [0.15, 0.2) is 53.3 Å². The van der Waals surface area contributed by atoms with Crippen molar-refractivity contribution in [3.63, 3.8) is 0 Å². The number of quaternary nitrogens is 1. The number of likely N-dealkylation sites (tertiary alicyclic amines) is 1. The smallest absolute Gasteiger partial charge is 0.262 e. The number of nitrogens with zero attached hydrogens (tertiary/aromatic N) is 1. The molecule has 0 radical (unpaired) electrons. The number of amides is 1. The third kappa shape index (κ3) is 4.64. The van der Waals surface area contributed by atoms with Crippen LogP contribution in [0, 0.1) is 5.92 Å². The van der Waals surface area contributed by atoms with E-state index in [0.717, 1.165) is 29.1 Å². The Morgan fingerprint density at radius 3 is 2.62 bits per heavy atom. The third-order valence-corrected chi connectivity index (χ3v) is 6.52. The van der Waals surface area contributed by atoms with Crippen LogP contribution in [0.3, 0.4) is 0 Å². The molecule has 0 spiro atoms. The summed E-state index contributed by atoms with van der Waals surface area (Å²) in [5, 5.41) is 2.96. The molecule has 29 heavy (non-hydrogen) atoms. The van der Waals surface area contributed by atoms with Crippen LogP contribution in [0.2, 0.25) is 0 Å². The van der Waals surface area contributed by atoms with E-state index in [-0.39, 0.29) is 23.8 Å². The molecule has 1 amide bonds. The maximum Gasteiger partial charge on any atom is 0.262 e. The number of alkyl halides is 3. The number of halogens is 3. The summed E-state index contributed by atoms with van der Waals surface area (Å²) in [5.74, 6) is 0.330. The SMILES string of the molecule is O=C(Cc1ccccc1)N[C@H]([NH+]1C[C@@H]2C[C@H](C1)c1cccc(=O)n1C2)C(Cl)(Cl)Cl. The normalized spacial score (nSPS) is 24.4. The fraction of sp³-hybridized carbons (Fsp3) is 0.429. The van der Waals surface area contributed by atoms with E-state index < -0.39 is 9.96 Å². The maximum absolute atomic E-state index is 12.7. The van der Waals surface area contributed by atoms with Gasteiger partial charge in [-0.3, -0.25) is 9.59 Å². The first-order valence-corrected chi connectivity index (χ1v) is 10.9. The van der Waals surface area contributed by atoms with Crippen LogP contribution in [0.5, 0.6) is 0 Å². The average Bonchev–Trinajstić information content (AvgIpc) is 2.67. The van der Waals surface area contributed by atoms with Crippen molar-refractivity contribution in [1.29, 1.82) is 0 Å². The highest BCUT2D eigenvalue weighted by molar-refractivity contribution is 6.68. The number of aromatic nitrogens is 1. The van der Waals surface area contributed by atoms with Crippen molar-refractivity contribution in [2.75, 3.05) is 13.1 Å². The minimum atomic E-state index is -1.64. The van der Waals surface area contributed by atoms with Gasteiger partial charge in [0.1, 0.15) is 0 Å². The van der Waals surface area contributed by atoms with Crippen LogP contribution >= 0.6 is 34.8 Å². The van der Waals surface area contributed by atoms with Crippen molar-refractivity contribution in [3.05, 3.63) is 70.1 Å². The Labute approximate surface area is 184 Å². The van der Waals surface area contributed by atoms with Crippen LogP contribution in [-0.2, 0) is 17.8 Å². The zero-order valence-electron chi connectivity index (χ0n) is 15.8. The van der Waals surface area contributed by atoms with Gasteiger partial charge in [-0.15, -0.1) is 0 Å². The molecule has 0 aliphatic carbocycles. The molecule has 1 aromatic heterocycles. The Bertz CT molecular complexity index is 942. The lowest BCUT2D eigenvalue weighted by Crippen LogP contribution is -3.21. The summed E-state index contributed by atoms with van der Waals surface area (Å²) in [7, 11) is 0. The van der Waals surface area contributed by atoms with Crippen LogP contribution < -0.4 is 15.8 Å². The number of nitrogens with one attached hydrogen (secondary N) is 2. The van der Waals surface area contributed by atoms with Gasteiger partial charge < -0.3 is 14.8 Å². The highest BCUT2D eigenvalue weighted by Crippen LogP contribution is 2.33. The van der Waals surface area contributed by atoms with E-state index >= 15 is 0 Å². The van der Waals surface area contributed by atoms with Crippen molar-refractivity contribution in [3.8, 4) is 0 Å². The number of fused-ring (bicyclic) bond motifs is 4. The molecule has 1 saturated heterocycles. The number of hydrogen-bond donors (Lipinski definition) is 2. The third-order valence-electron chi connectivity index (χ3n) is 5.87. The zero-order valence-corrected chi connectivity index (χ0v) is 18.1. The topological polar surface area (TPSA) is 55.5 Å². The van der Waals surface area contributed by atoms with Gasteiger partial charge in [0, 0.05) is 30.1 Å². The van der Waals surface area contributed by atoms with Crippen molar-refractivity contribution >= 4 is 40.7 Å². The Morgan fingerprint density at radius 1 is 1.14 bits per heavy atom. The fourth-order valence-corrected chi connectivity index (χ4v) is 5.32. The van der Waals surface area contributed by atoms with Gasteiger partial charge in [-0.1, -0.05) is 71.2 Å². The van der Waals surface area contributed by atoms with E-state index in [1.807, 2.05) is 41.0 Å². The van der Waals surface area contributed by atoms with E-state index in [9.17, 15) is 9.59 Å². The summed E-state index contributed by atoms with van der Waals surface area (Å²) >= 11 is 18.9. The summed E-state index contributed by atoms with van der Waals surface area (Å²) in [6, 6.07) is 14.9. The van der Waals surface area contributed by atoms with E-state index in [1.54, 1.807) is 12.1 Å². The second kappa shape index (κ2) is 8.31. The average molecular weight is 456 g/mol. The number of piperidine rings is 1. The number of benzene rings is 1. The molecule has 2 bridgehead atoms. The predicted octanol–water partition coefficient (Wildman–Crippen LogP) is 1.91. The molecule has 1 fully saturated rings. The van der Waals surface area contributed by atoms with Crippen LogP contribution in [-0.4, -0.2) is 33.5 Å².